The largest absolute Gasteiger partial charge is 0.381 e. The van der Waals surface area contributed by atoms with Crippen LogP contribution in [-0.2, 0) is 9.47 Å². The summed E-state index contributed by atoms with van der Waals surface area (Å²) in [6.07, 6.45) is 6.32. The molecule has 0 aromatic heterocycles. The van der Waals surface area contributed by atoms with Gasteiger partial charge in [-0.3, -0.25) is 0 Å². The molecule has 3 atom stereocenters. The quantitative estimate of drug-likeness (QED) is 0.649. The third kappa shape index (κ3) is 3.52. The first-order valence-corrected chi connectivity index (χ1v) is 6.03. The molecule has 2 nitrogen and oxygen atoms in total. The lowest BCUT2D eigenvalue weighted by Crippen LogP contribution is -2.06. The maximum Gasteiger partial charge on any atom is 0.0688 e. The normalized spacial score (nSPS) is 35.1. The molecular weight excluding hydrogens is 188 g/mol. The Bertz CT molecular complexity index is 245. The van der Waals surface area contributed by atoms with E-state index in [4.69, 9.17) is 9.47 Å². The van der Waals surface area contributed by atoms with Crippen LogP contribution in [0.5, 0.6) is 0 Å². The van der Waals surface area contributed by atoms with Crippen LogP contribution in [0.4, 0.5) is 0 Å². The predicted molar refractivity (Wildman–Crippen MR) is 59.5 cm³/mol. The van der Waals surface area contributed by atoms with Crippen molar-refractivity contribution in [2.45, 2.75) is 51.2 Å². The second kappa shape index (κ2) is 5.53. The molecule has 2 rings (SSSR count). The van der Waals surface area contributed by atoms with Gasteiger partial charge >= 0.3 is 0 Å². The van der Waals surface area contributed by atoms with E-state index in [9.17, 15) is 0 Å². The van der Waals surface area contributed by atoms with Gasteiger partial charge in [-0.15, -0.1) is 11.8 Å². The first kappa shape index (κ1) is 11.0. The molecule has 0 amide bonds. The Hall–Kier alpha value is -0.520. The van der Waals surface area contributed by atoms with Gasteiger partial charge in [0.25, 0.3) is 0 Å². The molecule has 0 bridgehead atoms. The molecular formula is C13H20O2. The Balaban J connectivity index is 1.62. The van der Waals surface area contributed by atoms with Gasteiger partial charge in [0.05, 0.1) is 18.8 Å². The Kier molecular flexibility index (Phi) is 4.05. The van der Waals surface area contributed by atoms with Gasteiger partial charge in [-0.05, 0) is 32.1 Å². The average Bonchev–Trinajstić information content (AvgIpc) is 2.84. The van der Waals surface area contributed by atoms with Gasteiger partial charge < -0.3 is 9.47 Å². The summed E-state index contributed by atoms with van der Waals surface area (Å²) >= 11 is 0. The second-order valence-corrected chi connectivity index (χ2v) is 4.64. The predicted octanol–water partition coefficient (Wildman–Crippen LogP) is 2.37. The molecule has 0 aliphatic carbocycles. The first-order valence-electron chi connectivity index (χ1n) is 6.03. The Morgan fingerprint density at radius 1 is 1.13 bits per heavy atom. The third-order valence-electron chi connectivity index (χ3n) is 3.19. The van der Waals surface area contributed by atoms with E-state index in [0.717, 1.165) is 26.1 Å². The van der Waals surface area contributed by atoms with Gasteiger partial charge in [0, 0.05) is 19.4 Å². The summed E-state index contributed by atoms with van der Waals surface area (Å²) in [6.45, 7) is 3.98. The van der Waals surface area contributed by atoms with E-state index >= 15 is 0 Å². The fourth-order valence-corrected chi connectivity index (χ4v) is 2.18. The van der Waals surface area contributed by atoms with Crippen molar-refractivity contribution in [3.05, 3.63) is 0 Å². The van der Waals surface area contributed by atoms with E-state index < -0.39 is 0 Å². The van der Waals surface area contributed by atoms with Crippen LogP contribution in [0.1, 0.15) is 39.0 Å². The lowest BCUT2D eigenvalue weighted by molar-refractivity contribution is 0.0592. The van der Waals surface area contributed by atoms with Crippen molar-refractivity contribution in [1.29, 1.82) is 0 Å². The van der Waals surface area contributed by atoms with Crippen molar-refractivity contribution in [1.82, 2.24) is 0 Å². The van der Waals surface area contributed by atoms with Gasteiger partial charge in [0.15, 0.2) is 0 Å². The van der Waals surface area contributed by atoms with Crippen LogP contribution in [0.3, 0.4) is 0 Å². The monoisotopic (exact) mass is 208 g/mol. The van der Waals surface area contributed by atoms with Crippen molar-refractivity contribution >= 4 is 0 Å². The highest BCUT2D eigenvalue weighted by atomic mass is 16.5. The minimum Gasteiger partial charge on any atom is -0.381 e. The highest BCUT2D eigenvalue weighted by Gasteiger charge is 2.20. The SMILES string of the molecule is CC1CCC(CC#CCC2CCOC2)O1. The van der Waals surface area contributed by atoms with Crippen molar-refractivity contribution < 1.29 is 9.47 Å². The molecule has 2 heteroatoms. The summed E-state index contributed by atoms with van der Waals surface area (Å²) in [7, 11) is 0. The maximum atomic E-state index is 5.71. The van der Waals surface area contributed by atoms with E-state index in [-0.39, 0.29) is 0 Å². The van der Waals surface area contributed by atoms with Crippen LogP contribution >= 0.6 is 0 Å². The van der Waals surface area contributed by atoms with Gasteiger partial charge in [0.2, 0.25) is 0 Å². The minimum absolute atomic E-state index is 0.396. The Labute approximate surface area is 92.3 Å². The molecule has 15 heavy (non-hydrogen) atoms. The van der Waals surface area contributed by atoms with E-state index in [1.165, 1.54) is 19.3 Å². The van der Waals surface area contributed by atoms with Crippen molar-refractivity contribution in [3.63, 3.8) is 0 Å². The molecule has 2 aliphatic rings. The van der Waals surface area contributed by atoms with Crippen molar-refractivity contribution in [3.8, 4) is 11.8 Å². The smallest absolute Gasteiger partial charge is 0.0688 e. The molecule has 84 valence electrons. The van der Waals surface area contributed by atoms with Crippen molar-refractivity contribution in [2.24, 2.45) is 5.92 Å². The molecule has 0 N–H and O–H groups in total. The second-order valence-electron chi connectivity index (χ2n) is 4.64. The zero-order valence-corrected chi connectivity index (χ0v) is 9.50. The number of hydrogen-bond acceptors (Lipinski definition) is 2. The highest BCUT2D eigenvalue weighted by Crippen LogP contribution is 2.21. The zero-order valence-electron chi connectivity index (χ0n) is 9.50. The van der Waals surface area contributed by atoms with Crippen LogP contribution in [-0.4, -0.2) is 25.4 Å². The Morgan fingerprint density at radius 3 is 2.67 bits per heavy atom. The summed E-state index contributed by atoms with van der Waals surface area (Å²) in [5.41, 5.74) is 0. The lowest BCUT2D eigenvalue weighted by Gasteiger charge is -2.06. The summed E-state index contributed by atoms with van der Waals surface area (Å²) < 4.78 is 11.0. The topological polar surface area (TPSA) is 18.5 Å². The van der Waals surface area contributed by atoms with Gasteiger partial charge in [-0.1, -0.05) is 0 Å². The molecule has 2 saturated heterocycles. The van der Waals surface area contributed by atoms with Crippen LogP contribution in [0.2, 0.25) is 0 Å². The summed E-state index contributed by atoms with van der Waals surface area (Å²) in [5.74, 6) is 7.18. The van der Waals surface area contributed by atoms with Gasteiger partial charge in [-0.25, -0.2) is 0 Å². The fourth-order valence-electron chi connectivity index (χ4n) is 2.18. The number of hydrogen-bond donors (Lipinski definition) is 0. The molecule has 0 radical (unpaired) electrons. The number of rotatable bonds is 2. The molecule has 3 unspecified atom stereocenters. The fraction of sp³-hybridized carbons (Fsp3) is 0.846. The van der Waals surface area contributed by atoms with E-state index in [1.54, 1.807) is 0 Å². The highest BCUT2D eigenvalue weighted by molar-refractivity contribution is 5.02. The van der Waals surface area contributed by atoms with Crippen molar-refractivity contribution in [2.75, 3.05) is 13.2 Å². The molecule has 0 spiro atoms. The van der Waals surface area contributed by atoms with E-state index in [0.29, 0.717) is 18.1 Å². The summed E-state index contributed by atoms with van der Waals surface area (Å²) in [6, 6.07) is 0. The Morgan fingerprint density at radius 2 is 2.00 bits per heavy atom. The molecule has 2 fully saturated rings. The maximum absolute atomic E-state index is 5.71. The van der Waals surface area contributed by atoms with E-state index in [1.807, 2.05) is 0 Å². The van der Waals surface area contributed by atoms with Gasteiger partial charge in [-0.2, -0.15) is 0 Å². The number of ether oxygens (including phenoxy) is 2. The standard InChI is InChI=1S/C13H20O2/c1-11-6-7-13(15-11)5-3-2-4-12-8-9-14-10-12/h11-13H,4-10H2,1H3. The zero-order chi connectivity index (χ0) is 10.5. The third-order valence-corrected chi connectivity index (χ3v) is 3.19. The average molecular weight is 208 g/mol. The van der Waals surface area contributed by atoms with Crippen LogP contribution < -0.4 is 0 Å². The lowest BCUT2D eigenvalue weighted by atomic mass is 10.1. The molecule has 0 aromatic carbocycles. The summed E-state index contributed by atoms with van der Waals surface area (Å²) in [4.78, 5) is 0. The van der Waals surface area contributed by atoms with Gasteiger partial charge in [0.1, 0.15) is 0 Å². The molecule has 2 aliphatic heterocycles. The first-order chi connectivity index (χ1) is 7.34. The van der Waals surface area contributed by atoms with E-state index in [2.05, 4.69) is 18.8 Å². The molecule has 2 heterocycles. The summed E-state index contributed by atoms with van der Waals surface area (Å²) in [5, 5.41) is 0. The van der Waals surface area contributed by atoms with Crippen LogP contribution in [0.15, 0.2) is 0 Å². The minimum atomic E-state index is 0.396. The molecule has 0 aromatic rings. The van der Waals surface area contributed by atoms with Crippen LogP contribution in [0, 0.1) is 17.8 Å². The molecule has 0 saturated carbocycles. The van der Waals surface area contributed by atoms with Crippen LogP contribution in [0.25, 0.3) is 0 Å².